The van der Waals surface area contributed by atoms with Crippen molar-refractivity contribution in [2.75, 3.05) is 6.54 Å². The van der Waals surface area contributed by atoms with Crippen LogP contribution in [0, 0.1) is 17.0 Å². The number of rotatable bonds is 5. The van der Waals surface area contributed by atoms with E-state index in [2.05, 4.69) is 15.5 Å². The summed E-state index contributed by atoms with van der Waals surface area (Å²) in [5.74, 6) is 0.830. The Morgan fingerprint density at radius 1 is 1.47 bits per heavy atom. The van der Waals surface area contributed by atoms with Gasteiger partial charge in [-0.1, -0.05) is 18.1 Å². The van der Waals surface area contributed by atoms with Crippen LogP contribution in [0.3, 0.4) is 0 Å². The van der Waals surface area contributed by atoms with Crippen LogP contribution < -0.4 is 5.32 Å². The van der Waals surface area contributed by atoms with E-state index in [-0.39, 0.29) is 5.69 Å². The second kappa shape index (κ2) is 5.57. The molecule has 1 aromatic heterocycles. The fraction of sp³-hybridized carbons (Fsp3) is 0.333. The molecule has 7 heteroatoms. The molecule has 0 saturated carbocycles. The highest BCUT2D eigenvalue weighted by molar-refractivity contribution is 5.64. The van der Waals surface area contributed by atoms with Crippen LogP contribution >= 0.6 is 0 Å². The molecule has 0 aliphatic heterocycles. The van der Waals surface area contributed by atoms with E-state index in [1.165, 1.54) is 6.07 Å². The van der Waals surface area contributed by atoms with E-state index in [9.17, 15) is 10.1 Å². The summed E-state index contributed by atoms with van der Waals surface area (Å²) in [5, 5.41) is 17.8. The quantitative estimate of drug-likeness (QED) is 0.654. The third kappa shape index (κ3) is 2.76. The lowest BCUT2D eigenvalue weighted by Gasteiger charge is -2.00. The maximum absolute atomic E-state index is 10.9. The minimum Gasteiger partial charge on any atom is -0.334 e. The monoisotopic (exact) mass is 262 g/mol. The number of nitrogens with zero attached hydrogens (tertiary/aromatic N) is 3. The number of hydrogen-bond donors (Lipinski definition) is 1. The summed E-state index contributed by atoms with van der Waals surface area (Å²) in [6.07, 6.45) is 0. The summed E-state index contributed by atoms with van der Waals surface area (Å²) in [5.41, 5.74) is 1.15. The minimum atomic E-state index is -0.422. The molecule has 0 bridgehead atoms. The summed E-state index contributed by atoms with van der Waals surface area (Å²) in [6.45, 7) is 4.96. The molecule has 0 radical (unpaired) electrons. The Labute approximate surface area is 109 Å². The number of benzene rings is 1. The second-order valence-electron chi connectivity index (χ2n) is 4.00. The summed E-state index contributed by atoms with van der Waals surface area (Å²) in [6, 6.07) is 4.79. The smallest absolute Gasteiger partial charge is 0.273 e. The maximum atomic E-state index is 10.9. The first-order chi connectivity index (χ1) is 9.13. The SMILES string of the molecule is CCNCc1noc(-c2cccc([N+](=O)[O-])c2C)n1. The molecule has 19 heavy (non-hydrogen) atoms. The Bertz CT molecular complexity index is 594. The Morgan fingerprint density at radius 3 is 2.95 bits per heavy atom. The first kappa shape index (κ1) is 13.2. The van der Waals surface area contributed by atoms with Gasteiger partial charge in [-0.3, -0.25) is 10.1 Å². The maximum Gasteiger partial charge on any atom is 0.273 e. The standard InChI is InChI=1S/C12H14N4O3/c1-3-13-7-11-14-12(19-15-11)9-5-4-6-10(8(9)2)16(17)18/h4-6,13H,3,7H2,1-2H3. The number of nitrogens with one attached hydrogen (secondary N) is 1. The number of nitro groups is 1. The third-order valence-electron chi connectivity index (χ3n) is 2.73. The van der Waals surface area contributed by atoms with Gasteiger partial charge in [0.15, 0.2) is 5.82 Å². The molecule has 7 nitrogen and oxygen atoms in total. The predicted molar refractivity (Wildman–Crippen MR) is 68.5 cm³/mol. The van der Waals surface area contributed by atoms with Crippen LogP contribution in [0.4, 0.5) is 5.69 Å². The van der Waals surface area contributed by atoms with Crippen LogP contribution in [-0.2, 0) is 6.54 Å². The lowest BCUT2D eigenvalue weighted by Crippen LogP contribution is -2.12. The highest BCUT2D eigenvalue weighted by Gasteiger charge is 2.18. The topological polar surface area (TPSA) is 94.1 Å². The molecular formula is C12H14N4O3. The fourth-order valence-corrected chi connectivity index (χ4v) is 1.72. The molecular weight excluding hydrogens is 248 g/mol. The van der Waals surface area contributed by atoms with Gasteiger partial charge in [0.05, 0.1) is 11.5 Å². The third-order valence-corrected chi connectivity index (χ3v) is 2.73. The molecule has 2 aromatic rings. The van der Waals surface area contributed by atoms with Crippen LogP contribution in [0.5, 0.6) is 0 Å². The van der Waals surface area contributed by atoms with Crippen molar-refractivity contribution < 1.29 is 9.45 Å². The molecule has 1 aromatic carbocycles. The van der Waals surface area contributed by atoms with Crippen LogP contribution in [0.2, 0.25) is 0 Å². The van der Waals surface area contributed by atoms with Crippen molar-refractivity contribution in [3.63, 3.8) is 0 Å². The van der Waals surface area contributed by atoms with Gasteiger partial charge in [0, 0.05) is 17.2 Å². The van der Waals surface area contributed by atoms with E-state index in [1.54, 1.807) is 19.1 Å². The van der Waals surface area contributed by atoms with Crippen molar-refractivity contribution in [2.24, 2.45) is 0 Å². The lowest BCUT2D eigenvalue weighted by molar-refractivity contribution is -0.385. The van der Waals surface area contributed by atoms with Crippen LogP contribution in [0.1, 0.15) is 18.3 Å². The van der Waals surface area contributed by atoms with Gasteiger partial charge >= 0.3 is 0 Å². The van der Waals surface area contributed by atoms with Gasteiger partial charge in [0.25, 0.3) is 11.6 Å². The van der Waals surface area contributed by atoms with Crippen molar-refractivity contribution in [2.45, 2.75) is 20.4 Å². The predicted octanol–water partition coefficient (Wildman–Crippen LogP) is 2.06. The first-order valence-corrected chi connectivity index (χ1v) is 5.91. The van der Waals surface area contributed by atoms with Gasteiger partial charge in [-0.2, -0.15) is 4.98 Å². The minimum absolute atomic E-state index is 0.0453. The molecule has 0 unspecified atom stereocenters. The molecule has 0 aliphatic rings. The van der Waals surface area contributed by atoms with Crippen molar-refractivity contribution in [1.29, 1.82) is 0 Å². The average Bonchev–Trinajstić information content (AvgIpc) is 2.84. The molecule has 2 rings (SSSR count). The molecule has 0 amide bonds. The van der Waals surface area contributed by atoms with Gasteiger partial charge in [-0.05, 0) is 19.5 Å². The van der Waals surface area contributed by atoms with Gasteiger partial charge in [-0.15, -0.1) is 0 Å². The summed E-state index contributed by atoms with van der Waals surface area (Å²) in [4.78, 5) is 14.7. The van der Waals surface area contributed by atoms with E-state index in [1.807, 2.05) is 6.92 Å². The van der Waals surface area contributed by atoms with E-state index >= 15 is 0 Å². The largest absolute Gasteiger partial charge is 0.334 e. The normalized spacial score (nSPS) is 10.6. The van der Waals surface area contributed by atoms with Gasteiger partial charge in [0.1, 0.15) is 0 Å². The van der Waals surface area contributed by atoms with E-state index in [4.69, 9.17) is 4.52 Å². The molecule has 0 spiro atoms. The lowest BCUT2D eigenvalue weighted by atomic mass is 10.1. The number of nitro benzene ring substituents is 1. The highest BCUT2D eigenvalue weighted by atomic mass is 16.6. The van der Waals surface area contributed by atoms with Crippen molar-refractivity contribution in [1.82, 2.24) is 15.5 Å². The fourth-order valence-electron chi connectivity index (χ4n) is 1.72. The molecule has 1 heterocycles. The zero-order valence-electron chi connectivity index (χ0n) is 10.7. The molecule has 0 fully saturated rings. The molecule has 0 saturated heterocycles. The summed E-state index contributed by atoms with van der Waals surface area (Å²) >= 11 is 0. The molecule has 100 valence electrons. The van der Waals surface area contributed by atoms with Crippen LogP contribution in [0.15, 0.2) is 22.7 Å². The van der Waals surface area contributed by atoms with Gasteiger partial charge in [-0.25, -0.2) is 0 Å². The zero-order valence-corrected chi connectivity index (χ0v) is 10.7. The first-order valence-electron chi connectivity index (χ1n) is 5.91. The second-order valence-corrected chi connectivity index (χ2v) is 4.00. The van der Waals surface area contributed by atoms with E-state index in [0.717, 1.165) is 6.54 Å². The summed E-state index contributed by atoms with van der Waals surface area (Å²) in [7, 11) is 0. The zero-order chi connectivity index (χ0) is 13.8. The molecule has 0 aliphatic carbocycles. The Kier molecular flexibility index (Phi) is 3.86. The highest BCUT2D eigenvalue weighted by Crippen LogP contribution is 2.28. The Balaban J connectivity index is 2.34. The van der Waals surface area contributed by atoms with Crippen LogP contribution in [-0.4, -0.2) is 21.6 Å². The number of aromatic nitrogens is 2. The average molecular weight is 262 g/mol. The Morgan fingerprint density at radius 2 is 2.26 bits per heavy atom. The Hall–Kier alpha value is -2.28. The van der Waals surface area contributed by atoms with E-state index < -0.39 is 4.92 Å². The number of hydrogen-bond acceptors (Lipinski definition) is 6. The summed E-state index contributed by atoms with van der Waals surface area (Å²) < 4.78 is 5.14. The molecule has 0 atom stereocenters. The molecule has 1 N–H and O–H groups in total. The van der Waals surface area contributed by atoms with Crippen molar-refractivity contribution in [3.8, 4) is 11.5 Å². The van der Waals surface area contributed by atoms with Crippen LogP contribution in [0.25, 0.3) is 11.5 Å². The van der Waals surface area contributed by atoms with E-state index in [0.29, 0.717) is 29.4 Å². The van der Waals surface area contributed by atoms with Crippen molar-refractivity contribution in [3.05, 3.63) is 39.7 Å². The van der Waals surface area contributed by atoms with Gasteiger partial charge < -0.3 is 9.84 Å². The van der Waals surface area contributed by atoms with Gasteiger partial charge in [0.2, 0.25) is 0 Å². The van der Waals surface area contributed by atoms with Crippen molar-refractivity contribution >= 4 is 5.69 Å².